The maximum Gasteiger partial charge on any atom is 0.321 e. The first-order valence-corrected chi connectivity index (χ1v) is 8.73. The number of urea groups is 1. The number of nitrogens with zero attached hydrogens (tertiary/aromatic N) is 2. The van der Waals surface area contributed by atoms with Gasteiger partial charge in [0.25, 0.3) is 11.1 Å². The molecule has 1 atom stereocenters. The van der Waals surface area contributed by atoms with Crippen LogP contribution in [0.2, 0.25) is 0 Å². The van der Waals surface area contributed by atoms with Gasteiger partial charge in [0.15, 0.2) is 5.76 Å². The van der Waals surface area contributed by atoms with Gasteiger partial charge in [-0.3, -0.25) is 10.1 Å². The summed E-state index contributed by atoms with van der Waals surface area (Å²) in [5.74, 6) is 0.172. The first-order valence-electron chi connectivity index (χ1n) is 7.85. The minimum atomic E-state index is -0.733. The van der Waals surface area contributed by atoms with Crippen LogP contribution in [0.3, 0.4) is 0 Å². The van der Waals surface area contributed by atoms with E-state index in [9.17, 15) is 9.59 Å². The molecule has 0 fully saturated rings. The Morgan fingerprint density at radius 2 is 1.96 bits per heavy atom. The lowest BCUT2D eigenvalue weighted by molar-refractivity contribution is -0.119. The van der Waals surface area contributed by atoms with Gasteiger partial charge in [0.2, 0.25) is 5.91 Å². The molecule has 9 heteroatoms. The molecular weight excluding hydrogens is 356 g/mol. The number of aromatic nitrogens is 2. The van der Waals surface area contributed by atoms with Gasteiger partial charge in [0.05, 0.1) is 6.26 Å². The monoisotopic (exact) mass is 372 g/mol. The lowest BCUT2D eigenvalue weighted by Gasteiger charge is -2.14. The van der Waals surface area contributed by atoms with E-state index in [1.54, 1.807) is 31.2 Å². The summed E-state index contributed by atoms with van der Waals surface area (Å²) in [5, 5.41) is 12.2. The van der Waals surface area contributed by atoms with Gasteiger partial charge in [0, 0.05) is 6.54 Å². The Balaban J connectivity index is 1.80. The lowest BCUT2D eigenvalue weighted by Crippen LogP contribution is -2.41. The molecule has 134 valence electrons. The molecule has 0 aliphatic rings. The highest BCUT2D eigenvalue weighted by molar-refractivity contribution is 8.00. The van der Waals surface area contributed by atoms with Gasteiger partial charge < -0.3 is 14.2 Å². The molecule has 8 nitrogen and oxygen atoms in total. The number of hydrogen-bond acceptors (Lipinski definition) is 7. The van der Waals surface area contributed by atoms with E-state index in [0.717, 1.165) is 11.8 Å². The predicted octanol–water partition coefficient (Wildman–Crippen LogP) is 3.01. The summed E-state index contributed by atoms with van der Waals surface area (Å²) in [7, 11) is 0. The van der Waals surface area contributed by atoms with Crippen molar-refractivity contribution in [1.29, 1.82) is 0 Å². The molecule has 2 N–H and O–H groups in total. The standard InChI is InChI=1S/C17H16N4O4S/c1-2-18-16(23)19-14(22)13(11-7-4-3-5-8-11)26-17-21-20-15(25-17)12-9-6-10-24-12/h3-10,13H,2H2,1H3,(H2,18,19,22,23)/t13-/m0/s1. The molecule has 3 amide bonds. The summed E-state index contributed by atoms with van der Waals surface area (Å²) in [4.78, 5) is 24.3. The number of carbonyl (C=O) groups excluding carboxylic acids is 2. The Labute approximate surface area is 153 Å². The van der Waals surface area contributed by atoms with Gasteiger partial charge in [-0.2, -0.15) is 0 Å². The summed E-state index contributed by atoms with van der Waals surface area (Å²) in [6, 6.07) is 11.9. The van der Waals surface area contributed by atoms with Crippen molar-refractivity contribution in [3.05, 3.63) is 54.3 Å². The number of rotatable bonds is 6. The van der Waals surface area contributed by atoms with E-state index in [0.29, 0.717) is 17.9 Å². The minimum absolute atomic E-state index is 0.191. The number of furan rings is 1. The molecule has 26 heavy (non-hydrogen) atoms. The topological polar surface area (TPSA) is 110 Å². The third kappa shape index (κ3) is 4.31. The van der Waals surface area contributed by atoms with E-state index >= 15 is 0 Å². The molecule has 0 saturated carbocycles. The second-order valence-corrected chi connectivity index (χ2v) is 6.16. The van der Waals surface area contributed by atoms with Crippen LogP contribution >= 0.6 is 11.8 Å². The van der Waals surface area contributed by atoms with Gasteiger partial charge in [0.1, 0.15) is 5.25 Å². The second kappa shape index (κ2) is 8.34. The molecule has 3 rings (SSSR count). The number of nitrogens with one attached hydrogen (secondary N) is 2. The molecule has 0 spiro atoms. The van der Waals surface area contributed by atoms with Crippen LogP contribution in [0.5, 0.6) is 0 Å². The molecule has 0 radical (unpaired) electrons. The zero-order chi connectivity index (χ0) is 18.4. The molecule has 2 heterocycles. The smallest absolute Gasteiger partial charge is 0.321 e. The van der Waals surface area contributed by atoms with Crippen LogP contribution in [-0.4, -0.2) is 28.7 Å². The molecule has 2 aromatic heterocycles. The Morgan fingerprint density at radius 1 is 1.15 bits per heavy atom. The predicted molar refractivity (Wildman–Crippen MR) is 94.3 cm³/mol. The fourth-order valence-electron chi connectivity index (χ4n) is 2.14. The maximum atomic E-state index is 12.6. The summed E-state index contributed by atoms with van der Waals surface area (Å²) >= 11 is 1.05. The van der Waals surface area contributed by atoms with E-state index in [1.165, 1.54) is 6.26 Å². The summed E-state index contributed by atoms with van der Waals surface area (Å²) in [6.07, 6.45) is 1.50. The highest BCUT2D eigenvalue weighted by Crippen LogP contribution is 2.35. The van der Waals surface area contributed by atoms with Crippen LogP contribution in [-0.2, 0) is 4.79 Å². The molecule has 0 saturated heterocycles. The van der Waals surface area contributed by atoms with Crippen LogP contribution in [0.4, 0.5) is 4.79 Å². The van der Waals surface area contributed by atoms with Crippen LogP contribution in [0.15, 0.2) is 62.8 Å². The summed E-state index contributed by atoms with van der Waals surface area (Å²) in [5.41, 5.74) is 0.706. The molecule has 3 aromatic rings. The van der Waals surface area contributed by atoms with E-state index in [-0.39, 0.29) is 11.1 Å². The van der Waals surface area contributed by atoms with Gasteiger partial charge in [-0.05, 0) is 36.4 Å². The molecule has 0 aliphatic heterocycles. The van der Waals surface area contributed by atoms with Crippen molar-refractivity contribution >= 4 is 23.7 Å². The molecular formula is C17H16N4O4S. The third-order valence-corrected chi connectivity index (χ3v) is 4.36. The number of imide groups is 1. The molecule has 0 unspecified atom stereocenters. The van der Waals surface area contributed by atoms with Gasteiger partial charge in [-0.15, -0.1) is 10.2 Å². The van der Waals surface area contributed by atoms with Crippen molar-refractivity contribution in [2.75, 3.05) is 6.54 Å². The first kappa shape index (κ1) is 17.7. The van der Waals surface area contributed by atoms with Crippen LogP contribution in [0.25, 0.3) is 11.7 Å². The van der Waals surface area contributed by atoms with Crippen LogP contribution in [0.1, 0.15) is 17.7 Å². The number of thioether (sulfide) groups is 1. The van der Waals surface area contributed by atoms with E-state index in [1.807, 2.05) is 18.2 Å². The fourth-order valence-corrected chi connectivity index (χ4v) is 3.02. The number of hydrogen-bond donors (Lipinski definition) is 2. The third-order valence-electron chi connectivity index (χ3n) is 3.27. The van der Waals surface area contributed by atoms with E-state index in [2.05, 4.69) is 20.8 Å². The average molecular weight is 372 g/mol. The van der Waals surface area contributed by atoms with E-state index < -0.39 is 17.2 Å². The Hall–Kier alpha value is -3.07. The Morgan fingerprint density at radius 3 is 2.65 bits per heavy atom. The SMILES string of the molecule is CCNC(=O)NC(=O)[C@@H](Sc1nnc(-c2ccco2)o1)c1ccccc1. The summed E-state index contributed by atoms with van der Waals surface area (Å²) < 4.78 is 10.8. The fraction of sp³-hybridized carbons (Fsp3) is 0.176. The normalized spacial score (nSPS) is 11.7. The number of carbonyl (C=O) groups is 2. The largest absolute Gasteiger partial charge is 0.459 e. The molecule has 0 aliphatic carbocycles. The zero-order valence-corrected chi connectivity index (χ0v) is 14.7. The van der Waals surface area contributed by atoms with Crippen molar-refractivity contribution in [3.63, 3.8) is 0 Å². The van der Waals surface area contributed by atoms with Crippen molar-refractivity contribution in [2.24, 2.45) is 0 Å². The van der Waals surface area contributed by atoms with Gasteiger partial charge >= 0.3 is 6.03 Å². The second-order valence-electron chi connectivity index (χ2n) is 5.11. The highest BCUT2D eigenvalue weighted by atomic mass is 32.2. The first-order chi connectivity index (χ1) is 12.7. The number of benzene rings is 1. The van der Waals surface area contributed by atoms with Crippen molar-refractivity contribution in [1.82, 2.24) is 20.8 Å². The quantitative estimate of drug-likeness (QED) is 0.640. The van der Waals surface area contributed by atoms with E-state index in [4.69, 9.17) is 8.83 Å². The lowest BCUT2D eigenvalue weighted by atomic mass is 10.1. The van der Waals surface area contributed by atoms with Gasteiger partial charge in [-0.1, -0.05) is 30.3 Å². The Bertz CT molecular complexity index is 864. The molecule has 0 bridgehead atoms. The Kier molecular flexibility index (Phi) is 5.69. The van der Waals surface area contributed by atoms with Gasteiger partial charge in [-0.25, -0.2) is 4.79 Å². The van der Waals surface area contributed by atoms with Crippen LogP contribution < -0.4 is 10.6 Å². The maximum absolute atomic E-state index is 12.6. The highest BCUT2D eigenvalue weighted by Gasteiger charge is 2.26. The average Bonchev–Trinajstić information content (AvgIpc) is 3.32. The summed E-state index contributed by atoms with van der Waals surface area (Å²) in [6.45, 7) is 2.18. The molecule has 1 aromatic carbocycles. The number of amides is 3. The minimum Gasteiger partial charge on any atom is -0.459 e. The van der Waals surface area contributed by atoms with Crippen molar-refractivity contribution in [2.45, 2.75) is 17.4 Å². The van der Waals surface area contributed by atoms with Crippen molar-refractivity contribution < 1.29 is 18.4 Å². The zero-order valence-electron chi connectivity index (χ0n) is 13.8. The van der Waals surface area contributed by atoms with Crippen LogP contribution in [0, 0.1) is 0 Å². The van der Waals surface area contributed by atoms with Crippen molar-refractivity contribution in [3.8, 4) is 11.7 Å².